The van der Waals surface area contributed by atoms with E-state index >= 15 is 0 Å². The zero-order valence-corrected chi connectivity index (χ0v) is 13.8. The summed E-state index contributed by atoms with van der Waals surface area (Å²) in [5.41, 5.74) is 4.09. The van der Waals surface area contributed by atoms with E-state index in [-0.39, 0.29) is 11.7 Å². The Morgan fingerprint density at radius 2 is 1.84 bits per heavy atom. The molecule has 3 aromatic rings. The van der Waals surface area contributed by atoms with Gasteiger partial charge in [-0.25, -0.2) is 9.37 Å². The number of nitrogens with zero attached hydrogens (tertiary/aromatic N) is 1. The van der Waals surface area contributed by atoms with E-state index < -0.39 is 0 Å². The van der Waals surface area contributed by atoms with Crippen molar-refractivity contribution < 1.29 is 9.18 Å². The summed E-state index contributed by atoms with van der Waals surface area (Å²) in [6, 6.07) is 17.5. The molecule has 2 aromatic carbocycles. The van der Waals surface area contributed by atoms with E-state index in [4.69, 9.17) is 0 Å². The summed E-state index contributed by atoms with van der Waals surface area (Å²) < 4.78 is 12.9. The van der Waals surface area contributed by atoms with Gasteiger partial charge in [0.2, 0.25) is 0 Å². The molecule has 1 aromatic heterocycles. The average Bonchev–Trinajstić information content (AvgIpc) is 2.62. The highest BCUT2D eigenvalue weighted by molar-refractivity contribution is 5.92. The Morgan fingerprint density at radius 3 is 2.52 bits per heavy atom. The largest absolute Gasteiger partial charge is 0.354 e. The number of aryl methyl sites for hydroxylation is 1. The first-order valence-corrected chi connectivity index (χ1v) is 7.92. The fourth-order valence-corrected chi connectivity index (χ4v) is 2.37. The number of anilines is 2. The molecule has 126 valence electrons. The number of pyridine rings is 1. The van der Waals surface area contributed by atoms with Crippen LogP contribution in [0.15, 0.2) is 66.9 Å². The predicted molar refractivity (Wildman–Crippen MR) is 96.3 cm³/mol. The second-order valence-corrected chi connectivity index (χ2v) is 5.74. The predicted octanol–water partition coefficient (Wildman–Crippen LogP) is 4.20. The molecule has 1 amide bonds. The molecule has 0 spiro atoms. The lowest BCUT2D eigenvalue weighted by atomic mass is 10.2. The minimum absolute atomic E-state index is 0.272. The molecular formula is C20H18FN3O. The summed E-state index contributed by atoms with van der Waals surface area (Å²) in [6.45, 7) is 2.35. The van der Waals surface area contributed by atoms with Crippen LogP contribution in [0.2, 0.25) is 0 Å². The van der Waals surface area contributed by atoms with Crippen molar-refractivity contribution in [2.75, 3.05) is 5.32 Å². The van der Waals surface area contributed by atoms with Gasteiger partial charge in [-0.3, -0.25) is 4.79 Å². The fraction of sp³-hybridized carbons (Fsp3) is 0.100. The minimum Gasteiger partial charge on any atom is -0.354 e. The van der Waals surface area contributed by atoms with E-state index in [0.717, 1.165) is 22.5 Å². The third-order valence-electron chi connectivity index (χ3n) is 3.67. The van der Waals surface area contributed by atoms with Gasteiger partial charge >= 0.3 is 0 Å². The summed E-state index contributed by atoms with van der Waals surface area (Å²) in [7, 11) is 0. The van der Waals surface area contributed by atoms with Crippen molar-refractivity contribution in [3.05, 3.63) is 89.5 Å². The maximum absolute atomic E-state index is 12.9. The monoisotopic (exact) mass is 335 g/mol. The molecule has 0 aliphatic heterocycles. The Labute approximate surface area is 145 Å². The van der Waals surface area contributed by atoms with E-state index in [1.54, 1.807) is 24.4 Å². The van der Waals surface area contributed by atoms with Gasteiger partial charge in [0.05, 0.1) is 11.9 Å². The number of rotatable bonds is 5. The number of aromatic nitrogens is 1. The summed E-state index contributed by atoms with van der Waals surface area (Å²) in [5.74, 6) is -0.570. The molecule has 0 saturated heterocycles. The molecule has 5 heteroatoms. The lowest BCUT2D eigenvalue weighted by molar-refractivity contribution is 0.0946. The van der Waals surface area contributed by atoms with E-state index in [0.29, 0.717) is 12.2 Å². The van der Waals surface area contributed by atoms with Gasteiger partial charge in [-0.2, -0.15) is 0 Å². The summed E-state index contributed by atoms with van der Waals surface area (Å²) in [4.78, 5) is 16.3. The minimum atomic E-state index is -0.298. The van der Waals surface area contributed by atoms with E-state index in [2.05, 4.69) is 15.6 Å². The van der Waals surface area contributed by atoms with Gasteiger partial charge in [-0.1, -0.05) is 24.3 Å². The van der Waals surface area contributed by atoms with E-state index in [9.17, 15) is 9.18 Å². The smallest absolute Gasteiger partial charge is 0.270 e. The molecule has 0 aliphatic rings. The van der Waals surface area contributed by atoms with Gasteiger partial charge in [-0.05, 0) is 54.4 Å². The van der Waals surface area contributed by atoms with Crippen LogP contribution in [0.3, 0.4) is 0 Å². The molecule has 0 aliphatic carbocycles. The van der Waals surface area contributed by atoms with Crippen LogP contribution in [0.5, 0.6) is 0 Å². The molecular weight excluding hydrogens is 317 g/mol. The van der Waals surface area contributed by atoms with Crippen molar-refractivity contribution in [1.29, 1.82) is 0 Å². The molecule has 3 rings (SSSR count). The van der Waals surface area contributed by atoms with E-state index in [1.807, 2.05) is 37.3 Å². The Balaban J connectivity index is 1.59. The summed E-state index contributed by atoms with van der Waals surface area (Å²) in [5, 5.41) is 6.01. The molecule has 2 N–H and O–H groups in total. The quantitative estimate of drug-likeness (QED) is 0.735. The van der Waals surface area contributed by atoms with Gasteiger partial charge < -0.3 is 10.6 Å². The molecule has 0 fully saturated rings. The summed E-state index contributed by atoms with van der Waals surface area (Å²) >= 11 is 0. The van der Waals surface area contributed by atoms with Crippen molar-refractivity contribution in [3.63, 3.8) is 0 Å². The second-order valence-electron chi connectivity index (χ2n) is 5.74. The first-order chi connectivity index (χ1) is 12.1. The first-order valence-electron chi connectivity index (χ1n) is 7.92. The molecule has 4 nitrogen and oxygen atoms in total. The van der Waals surface area contributed by atoms with E-state index in [1.165, 1.54) is 12.1 Å². The maximum Gasteiger partial charge on any atom is 0.270 e. The van der Waals surface area contributed by atoms with Crippen LogP contribution in [0.1, 0.15) is 21.6 Å². The Kier molecular flexibility index (Phi) is 5.04. The Hall–Kier alpha value is -3.21. The Morgan fingerprint density at radius 1 is 1.04 bits per heavy atom. The zero-order chi connectivity index (χ0) is 17.6. The number of halogens is 1. The van der Waals surface area contributed by atoms with Crippen LogP contribution in [0, 0.1) is 12.7 Å². The second kappa shape index (κ2) is 7.57. The van der Waals surface area contributed by atoms with Crippen LogP contribution in [0.4, 0.5) is 15.8 Å². The van der Waals surface area contributed by atoms with Gasteiger partial charge in [0.1, 0.15) is 11.5 Å². The van der Waals surface area contributed by atoms with Crippen molar-refractivity contribution in [2.24, 2.45) is 0 Å². The molecule has 0 saturated carbocycles. The average molecular weight is 335 g/mol. The van der Waals surface area contributed by atoms with Crippen LogP contribution in [-0.2, 0) is 6.54 Å². The number of benzene rings is 2. The lowest BCUT2D eigenvalue weighted by Gasteiger charge is -2.08. The molecule has 0 radical (unpaired) electrons. The highest BCUT2D eigenvalue weighted by atomic mass is 19.1. The van der Waals surface area contributed by atoms with Gasteiger partial charge in [0.15, 0.2) is 0 Å². The topological polar surface area (TPSA) is 54.0 Å². The maximum atomic E-state index is 12.9. The van der Waals surface area contributed by atoms with Crippen LogP contribution in [-0.4, -0.2) is 10.9 Å². The first kappa shape index (κ1) is 16.6. The number of amides is 1. The number of hydrogen-bond acceptors (Lipinski definition) is 3. The van der Waals surface area contributed by atoms with Gasteiger partial charge in [0, 0.05) is 12.2 Å². The molecule has 0 atom stereocenters. The molecule has 0 unspecified atom stereocenters. The third kappa shape index (κ3) is 4.64. The summed E-state index contributed by atoms with van der Waals surface area (Å²) in [6.07, 6.45) is 1.62. The highest BCUT2D eigenvalue weighted by Crippen LogP contribution is 2.17. The van der Waals surface area contributed by atoms with Crippen molar-refractivity contribution in [2.45, 2.75) is 13.5 Å². The highest BCUT2D eigenvalue weighted by Gasteiger charge is 2.07. The van der Waals surface area contributed by atoms with Crippen LogP contribution < -0.4 is 10.6 Å². The number of nitrogens with one attached hydrogen (secondary N) is 2. The van der Waals surface area contributed by atoms with Crippen molar-refractivity contribution in [3.8, 4) is 0 Å². The number of hydrogen-bond donors (Lipinski definition) is 2. The Bertz CT molecular complexity index is 861. The molecule has 0 bridgehead atoms. The molecule has 1 heterocycles. The van der Waals surface area contributed by atoms with Gasteiger partial charge in [0.25, 0.3) is 5.91 Å². The lowest BCUT2D eigenvalue weighted by Crippen LogP contribution is -2.23. The third-order valence-corrected chi connectivity index (χ3v) is 3.67. The fourth-order valence-electron chi connectivity index (χ4n) is 2.37. The standard InChI is InChI=1S/C20H18FN3O/c1-14-3-2-4-17(11-14)24-18-9-10-19(22-13-18)20(25)23-12-15-5-7-16(21)8-6-15/h2-11,13,24H,12H2,1H3,(H,23,25). The SMILES string of the molecule is Cc1cccc(Nc2ccc(C(=O)NCc3ccc(F)cc3)nc2)c1. The van der Waals surface area contributed by atoms with Crippen molar-refractivity contribution in [1.82, 2.24) is 10.3 Å². The number of carbonyl (C=O) groups is 1. The zero-order valence-electron chi connectivity index (χ0n) is 13.8. The van der Waals surface area contributed by atoms with Crippen LogP contribution in [0.25, 0.3) is 0 Å². The van der Waals surface area contributed by atoms with Gasteiger partial charge in [-0.15, -0.1) is 0 Å². The number of carbonyl (C=O) groups excluding carboxylic acids is 1. The van der Waals surface area contributed by atoms with Crippen LogP contribution >= 0.6 is 0 Å². The van der Waals surface area contributed by atoms with Crippen molar-refractivity contribution >= 4 is 17.3 Å². The normalized spacial score (nSPS) is 10.3. The molecule has 25 heavy (non-hydrogen) atoms.